The number of carbonyl (C=O) groups is 5. The van der Waals surface area contributed by atoms with Gasteiger partial charge < -0.3 is 57.0 Å². The predicted molar refractivity (Wildman–Crippen MR) is 286 cm³/mol. The number of fused-ring (bicyclic) bond motifs is 1. The van der Waals surface area contributed by atoms with Crippen molar-refractivity contribution in [2.75, 3.05) is 34.1 Å². The zero-order valence-corrected chi connectivity index (χ0v) is 48.7. The van der Waals surface area contributed by atoms with Gasteiger partial charge in [-0.1, -0.05) is 58.0 Å². The number of aryl methyl sites for hydroxylation is 1. The fourth-order valence-electron chi connectivity index (χ4n) is 12.3. The number of ketones is 1. The van der Waals surface area contributed by atoms with Crippen molar-refractivity contribution < 1.29 is 76.1 Å². The minimum absolute atomic E-state index is 0.00327. The molecular formula is C58H86N2O16S. The number of Topliss-reactive ketones (excluding diaryl/α,β-unsaturated/α-hetero) is 1. The Labute approximate surface area is 460 Å². The van der Waals surface area contributed by atoms with Gasteiger partial charge >= 0.3 is 24.1 Å². The highest BCUT2D eigenvalue weighted by Crippen LogP contribution is 2.50. The van der Waals surface area contributed by atoms with E-state index in [-0.39, 0.29) is 43.8 Å². The fourth-order valence-corrected chi connectivity index (χ4v) is 13.8. The predicted octanol–water partition coefficient (Wildman–Crippen LogP) is 8.32. The van der Waals surface area contributed by atoms with E-state index in [4.69, 9.17) is 52.1 Å². The van der Waals surface area contributed by atoms with Gasteiger partial charge in [-0.3, -0.25) is 24.2 Å². The van der Waals surface area contributed by atoms with Crippen molar-refractivity contribution in [2.24, 2.45) is 29.6 Å². The van der Waals surface area contributed by atoms with Gasteiger partial charge in [0.05, 0.1) is 42.0 Å². The Morgan fingerprint density at radius 1 is 0.805 bits per heavy atom. The molecule has 0 N–H and O–H groups in total. The monoisotopic (exact) mass is 1100 g/mol. The first kappa shape index (κ1) is 62.0. The molecule has 0 saturated carbocycles. The van der Waals surface area contributed by atoms with E-state index in [0.29, 0.717) is 12.2 Å². The summed E-state index contributed by atoms with van der Waals surface area (Å²) in [5.41, 5.74) is -2.01. The SMILES string of the molecule is CC[C@H]1OC(=O)[C@H](C)[C@@H](O[C@H]2C[C@@](C)(OC)[C@@H](OC(=O)OCc3ccccc3)[C@H](C)O2)[C@H](C)[C@@H](O[C@@H]2O[C@H](C)C[C@H](N(C)C)[C@H]2OC(C)=O)[C@](C)(OC)C[C@@H](C)C(=O)[C@H](C)[C@H]2[C@H](SCCCc3ccncc3)C(=O)O[C@@]21C. The summed E-state index contributed by atoms with van der Waals surface area (Å²) in [6.07, 6.45) is -3.25. The van der Waals surface area contributed by atoms with Crippen molar-refractivity contribution >= 4 is 41.6 Å². The average molecular weight is 1100 g/mol. The maximum atomic E-state index is 15.3. The van der Waals surface area contributed by atoms with Crippen LogP contribution >= 0.6 is 11.8 Å². The molecule has 0 bridgehead atoms. The molecule has 2 aromatic rings. The average Bonchev–Trinajstić information content (AvgIpc) is 3.71. The van der Waals surface area contributed by atoms with Gasteiger partial charge in [0.15, 0.2) is 30.4 Å². The molecule has 1 aromatic heterocycles. The van der Waals surface area contributed by atoms with Crippen LogP contribution in [0.4, 0.5) is 4.79 Å². The third-order valence-electron chi connectivity index (χ3n) is 16.6. The standard InChI is InChI=1S/C58H86N2O16S/c1-16-43-58(11)45(49(53(64)76-58)77-28-20-23-40-24-26-59-27-25-40)35(4)46(62)33(2)30-56(9,66-14)50(74-54-48(71-39(8)61)42(60(12)13)29-34(3)69-54)36(5)47(37(6)52(63)72-43)73-44-31-57(10,67-15)51(38(7)70-44)75-55(65)68-32-41-21-18-17-19-22-41/h17-19,21-22,24-27,33-38,42-45,47-51,54H,16,20,23,28-32H2,1-15H3/t33-,34-,35-,36+,37-,38+,42+,43-,44+,45+,47+,48-,49+,50-,51+,54+,56-,57-,58-/m1/s1. The molecule has 430 valence electrons. The van der Waals surface area contributed by atoms with Crippen molar-refractivity contribution in [2.45, 2.75) is 205 Å². The van der Waals surface area contributed by atoms with Crippen LogP contribution in [0.2, 0.25) is 0 Å². The van der Waals surface area contributed by atoms with Crippen molar-refractivity contribution in [3.05, 3.63) is 66.0 Å². The number of thioether (sulfide) groups is 1. The molecule has 6 rings (SSSR count). The van der Waals surface area contributed by atoms with Crippen molar-refractivity contribution in [1.82, 2.24) is 9.88 Å². The van der Waals surface area contributed by atoms with Crippen LogP contribution in [0.3, 0.4) is 0 Å². The first-order chi connectivity index (χ1) is 36.4. The number of methoxy groups -OCH3 is 2. The lowest BCUT2D eigenvalue weighted by Gasteiger charge is -2.50. The number of rotatable bonds is 17. The van der Waals surface area contributed by atoms with E-state index in [1.54, 1.807) is 47.2 Å². The van der Waals surface area contributed by atoms with Gasteiger partial charge in [0.25, 0.3) is 0 Å². The molecule has 4 saturated heterocycles. The number of likely N-dealkylation sites (N-methyl/N-ethyl adjacent to an activating group) is 1. The van der Waals surface area contributed by atoms with Gasteiger partial charge in [-0.25, -0.2) is 4.79 Å². The zero-order valence-electron chi connectivity index (χ0n) is 47.9. The molecule has 0 radical (unpaired) electrons. The van der Waals surface area contributed by atoms with Crippen LogP contribution in [0.25, 0.3) is 0 Å². The lowest BCUT2D eigenvalue weighted by molar-refractivity contribution is -0.320. The van der Waals surface area contributed by atoms with E-state index in [9.17, 15) is 14.4 Å². The summed E-state index contributed by atoms with van der Waals surface area (Å²) >= 11 is 1.46. The van der Waals surface area contributed by atoms with E-state index >= 15 is 9.59 Å². The molecule has 0 aliphatic carbocycles. The summed E-state index contributed by atoms with van der Waals surface area (Å²) in [4.78, 5) is 77.0. The molecule has 4 fully saturated rings. The second-order valence-corrected chi connectivity index (χ2v) is 23.8. The van der Waals surface area contributed by atoms with Crippen molar-refractivity contribution in [1.29, 1.82) is 0 Å². The third kappa shape index (κ3) is 14.6. The summed E-state index contributed by atoms with van der Waals surface area (Å²) in [6.45, 7) is 19.5. The second kappa shape index (κ2) is 26.8. The van der Waals surface area contributed by atoms with Gasteiger partial charge in [-0.2, -0.15) is 0 Å². The Kier molecular flexibility index (Phi) is 21.6. The van der Waals surface area contributed by atoms with E-state index < -0.39 is 125 Å². The number of nitrogens with zero attached hydrogens (tertiary/aromatic N) is 2. The molecule has 19 atom stereocenters. The molecule has 0 amide bonds. The molecule has 1 aromatic carbocycles. The molecule has 19 heteroatoms. The number of hydrogen-bond donors (Lipinski definition) is 0. The van der Waals surface area contributed by atoms with Gasteiger partial charge in [-0.15, -0.1) is 11.8 Å². The first-order valence-corrected chi connectivity index (χ1v) is 28.4. The largest absolute Gasteiger partial charge is 0.509 e. The zero-order chi connectivity index (χ0) is 56.6. The fraction of sp³-hybridized carbons (Fsp3) is 0.724. The number of ether oxygens (including phenoxy) is 11. The minimum Gasteiger partial charge on any atom is -0.458 e. The maximum absolute atomic E-state index is 15.3. The Morgan fingerprint density at radius 3 is 2.09 bits per heavy atom. The maximum Gasteiger partial charge on any atom is 0.509 e. The molecule has 4 aliphatic heterocycles. The Bertz CT molecular complexity index is 2280. The number of aromatic nitrogens is 1. The highest BCUT2D eigenvalue weighted by atomic mass is 32.2. The lowest BCUT2D eigenvalue weighted by Crippen LogP contribution is -2.62. The molecule has 0 spiro atoms. The van der Waals surface area contributed by atoms with Crippen molar-refractivity contribution in [3.63, 3.8) is 0 Å². The van der Waals surface area contributed by atoms with Crippen LogP contribution in [0.1, 0.15) is 119 Å². The molecule has 4 aliphatic rings. The number of cyclic esters (lactones) is 1. The van der Waals surface area contributed by atoms with Crippen LogP contribution in [-0.4, -0.2) is 157 Å². The highest BCUT2D eigenvalue weighted by molar-refractivity contribution is 8.00. The molecular weight excluding hydrogens is 1010 g/mol. The number of hydrogen-bond acceptors (Lipinski definition) is 19. The highest BCUT2D eigenvalue weighted by Gasteiger charge is 2.62. The topological polar surface area (TPSA) is 203 Å². The van der Waals surface area contributed by atoms with E-state index in [0.717, 1.165) is 24.0 Å². The van der Waals surface area contributed by atoms with Crippen LogP contribution < -0.4 is 0 Å². The number of pyridine rings is 1. The second-order valence-electron chi connectivity index (χ2n) is 22.5. The Hall–Kier alpha value is -4.21. The summed E-state index contributed by atoms with van der Waals surface area (Å²) in [5, 5.41) is -0.741. The van der Waals surface area contributed by atoms with Gasteiger partial charge in [-0.05, 0) is 117 Å². The third-order valence-corrected chi connectivity index (χ3v) is 17.9. The van der Waals surface area contributed by atoms with Crippen LogP contribution in [0.5, 0.6) is 0 Å². The summed E-state index contributed by atoms with van der Waals surface area (Å²) in [6, 6.07) is 12.8. The summed E-state index contributed by atoms with van der Waals surface area (Å²) in [7, 11) is 6.85. The van der Waals surface area contributed by atoms with Gasteiger partial charge in [0, 0.05) is 63.6 Å². The first-order valence-electron chi connectivity index (χ1n) is 27.3. The Balaban J connectivity index is 1.40. The van der Waals surface area contributed by atoms with E-state index in [1.807, 2.05) is 103 Å². The van der Waals surface area contributed by atoms with Gasteiger partial charge in [0.1, 0.15) is 29.3 Å². The molecule has 0 unspecified atom stereocenters. The van der Waals surface area contributed by atoms with Crippen LogP contribution in [0.15, 0.2) is 54.9 Å². The molecule has 18 nitrogen and oxygen atoms in total. The molecule has 77 heavy (non-hydrogen) atoms. The lowest BCUT2D eigenvalue weighted by atomic mass is 9.70. The number of benzene rings is 1. The van der Waals surface area contributed by atoms with E-state index in [1.165, 1.54) is 25.8 Å². The van der Waals surface area contributed by atoms with E-state index in [2.05, 4.69) is 4.98 Å². The summed E-state index contributed by atoms with van der Waals surface area (Å²) < 4.78 is 70.6. The smallest absolute Gasteiger partial charge is 0.458 e. The number of carbonyl (C=O) groups excluding carboxylic acids is 5. The molecule has 5 heterocycles. The van der Waals surface area contributed by atoms with Crippen LogP contribution in [-0.2, 0) is 84.3 Å². The Morgan fingerprint density at radius 2 is 1.47 bits per heavy atom. The quantitative estimate of drug-likeness (QED) is 0.0830. The normalized spacial score (nSPS) is 38.2. The number of esters is 3. The van der Waals surface area contributed by atoms with Crippen LogP contribution in [0, 0.1) is 29.6 Å². The van der Waals surface area contributed by atoms with Gasteiger partial charge in [0.2, 0.25) is 0 Å². The minimum atomic E-state index is -1.40. The summed E-state index contributed by atoms with van der Waals surface area (Å²) in [5.74, 6) is -5.17. The van der Waals surface area contributed by atoms with Crippen molar-refractivity contribution in [3.8, 4) is 0 Å².